The van der Waals surface area contributed by atoms with Gasteiger partial charge >= 0.3 is 0 Å². The van der Waals surface area contributed by atoms with Crippen molar-refractivity contribution in [3.05, 3.63) is 29.6 Å². The van der Waals surface area contributed by atoms with Gasteiger partial charge in [-0.25, -0.2) is 4.39 Å². The quantitative estimate of drug-likeness (QED) is 0.898. The lowest BCUT2D eigenvalue weighted by Gasteiger charge is -2.21. The highest BCUT2D eigenvalue weighted by Crippen LogP contribution is 2.28. The standard InChI is InChI=1S/C14H19FO3/c1-5-18-11-7-6-9(8-10(11)15)12(16)13(17)14(2,3)4/h6-8,12,16H,5H2,1-4H3. The highest BCUT2D eigenvalue weighted by Gasteiger charge is 2.29. The predicted molar refractivity (Wildman–Crippen MR) is 67.0 cm³/mol. The van der Waals surface area contributed by atoms with Gasteiger partial charge in [0, 0.05) is 5.41 Å². The van der Waals surface area contributed by atoms with Crippen LogP contribution in [0.3, 0.4) is 0 Å². The zero-order chi connectivity index (χ0) is 13.9. The van der Waals surface area contributed by atoms with Gasteiger partial charge in [0.15, 0.2) is 17.3 Å². The molecule has 0 aliphatic heterocycles. The van der Waals surface area contributed by atoms with Gasteiger partial charge in [0.25, 0.3) is 0 Å². The minimum atomic E-state index is -1.31. The van der Waals surface area contributed by atoms with Crippen molar-refractivity contribution in [3.63, 3.8) is 0 Å². The van der Waals surface area contributed by atoms with Crippen molar-refractivity contribution in [2.75, 3.05) is 6.61 Å². The number of ketones is 1. The SMILES string of the molecule is CCOc1ccc(C(O)C(=O)C(C)(C)C)cc1F. The lowest BCUT2D eigenvalue weighted by molar-refractivity contribution is -0.135. The maximum absolute atomic E-state index is 13.6. The Morgan fingerprint density at radius 2 is 2.06 bits per heavy atom. The van der Waals surface area contributed by atoms with E-state index in [2.05, 4.69) is 0 Å². The molecule has 0 spiro atoms. The molecule has 1 rings (SSSR count). The van der Waals surface area contributed by atoms with E-state index in [4.69, 9.17) is 4.74 Å². The number of ether oxygens (including phenoxy) is 1. The molecule has 0 saturated heterocycles. The molecule has 0 bridgehead atoms. The average Bonchev–Trinajstić information content (AvgIpc) is 2.29. The smallest absolute Gasteiger partial charge is 0.171 e. The summed E-state index contributed by atoms with van der Waals surface area (Å²) in [5.74, 6) is -0.794. The van der Waals surface area contributed by atoms with Crippen molar-refractivity contribution in [3.8, 4) is 5.75 Å². The number of hydrogen-bond donors (Lipinski definition) is 1. The molecule has 0 saturated carbocycles. The third-order valence-corrected chi connectivity index (χ3v) is 2.56. The minimum absolute atomic E-state index is 0.122. The summed E-state index contributed by atoms with van der Waals surface area (Å²) in [4.78, 5) is 11.9. The van der Waals surface area contributed by atoms with Gasteiger partial charge in [-0.2, -0.15) is 0 Å². The summed E-state index contributed by atoms with van der Waals surface area (Å²) in [6.07, 6.45) is -1.31. The van der Waals surface area contributed by atoms with Crippen molar-refractivity contribution in [1.82, 2.24) is 0 Å². The normalized spacial score (nSPS) is 13.2. The van der Waals surface area contributed by atoms with Crippen molar-refractivity contribution >= 4 is 5.78 Å². The predicted octanol–water partition coefficient (Wildman–Crippen LogP) is 2.87. The van der Waals surface area contributed by atoms with E-state index < -0.39 is 17.3 Å². The molecule has 3 nitrogen and oxygen atoms in total. The van der Waals surface area contributed by atoms with Crippen molar-refractivity contribution in [2.24, 2.45) is 5.41 Å². The van der Waals surface area contributed by atoms with Gasteiger partial charge in [0.1, 0.15) is 6.10 Å². The van der Waals surface area contributed by atoms with Crippen LogP contribution in [-0.4, -0.2) is 17.5 Å². The number of hydrogen-bond acceptors (Lipinski definition) is 3. The molecule has 0 aromatic heterocycles. The van der Waals surface area contributed by atoms with Gasteiger partial charge in [-0.15, -0.1) is 0 Å². The maximum Gasteiger partial charge on any atom is 0.171 e. The zero-order valence-electron chi connectivity index (χ0n) is 11.2. The maximum atomic E-state index is 13.6. The molecule has 0 aliphatic rings. The van der Waals surface area contributed by atoms with Gasteiger partial charge in [0.05, 0.1) is 6.61 Å². The Morgan fingerprint density at radius 1 is 1.44 bits per heavy atom. The van der Waals surface area contributed by atoms with Crippen LogP contribution < -0.4 is 4.74 Å². The number of aliphatic hydroxyl groups is 1. The Kier molecular flexibility index (Phi) is 4.46. The van der Waals surface area contributed by atoms with E-state index in [-0.39, 0.29) is 17.1 Å². The molecular weight excluding hydrogens is 235 g/mol. The molecular formula is C14H19FO3. The zero-order valence-corrected chi connectivity index (χ0v) is 11.2. The molecule has 0 radical (unpaired) electrons. The Balaban J connectivity index is 2.98. The van der Waals surface area contributed by atoms with Crippen LogP contribution in [0, 0.1) is 11.2 Å². The first-order valence-electron chi connectivity index (χ1n) is 5.92. The molecule has 0 aliphatic carbocycles. The average molecular weight is 254 g/mol. The molecule has 1 atom stereocenters. The molecule has 18 heavy (non-hydrogen) atoms. The van der Waals surface area contributed by atoms with Gasteiger partial charge in [-0.05, 0) is 24.6 Å². The molecule has 4 heteroatoms. The van der Waals surface area contributed by atoms with E-state index in [0.717, 1.165) is 6.07 Å². The number of benzene rings is 1. The third-order valence-electron chi connectivity index (χ3n) is 2.56. The minimum Gasteiger partial charge on any atom is -0.491 e. The molecule has 0 heterocycles. The summed E-state index contributed by atoms with van der Waals surface area (Å²) in [7, 11) is 0. The van der Waals surface area contributed by atoms with Gasteiger partial charge in [-0.3, -0.25) is 4.79 Å². The van der Waals surface area contributed by atoms with Crippen LogP contribution in [0.4, 0.5) is 4.39 Å². The van der Waals surface area contributed by atoms with Crippen LogP contribution in [0.15, 0.2) is 18.2 Å². The fourth-order valence-electron chi connectivity index (χ4n) is 1.52. The first-order valence-corrected chi connectivity index (χ1v) is 5.92. The summed E-state index contributed by atoms with van der Waals surface area (Å²) in [5, 5.41) is 9.91. The largest absolute Gasteiger partial charge is 0.491 e. The van der Waals surface area contributed by atoms with Crippen LogP contribution >= 0.6 is 0 Å². The number of aliphatic hydroxyl groups excluding tert-OH is 1. The second-order valence-electron chi connectivity index (χ2n) is 5.14. The first kappa shape index (κ1) is 14.6. The molecule has 0 fully saturated rings. The molecule has 1 N–H and O–H groups in total. The lowest BCUT2D eigenvalue weighted by atomic mass is 9.85. The van der Waals surface area contributed by atoms with Crippen LogP contribution in [0.2, 0.25) is 0 Å². The van der Waals surface area contributed by atoms with Crippen LogP contribution in [0.1, 0.15) is 39.4 Å². The summed E-state index contributed by atoms with van der Waals surface area (Å²) >= 11 is 0. The van der Waals surface area contributed by atoms with Crippen LogP contribution in [0.25, 0.3) is 0 Å². The van der Waals surface area contributed by atoms with Crippen molar-refractivity contribution in [1.29, 1.82) is 0 Å². The molecule has 1 aromatic rings. The van der Waals surface area contributed by atoms with E-state index >= 15 is 0 Å². The van der Waals surface area contributed by atoms with Gasteiger partial charge < -0.3 is 9.84 Å². The Morgan fingerprint density at radius 3 is 2.50 bits per heavy atom. The molecule has 1 unspecified atom stereocenters. The topological polar surface area (TPSA) is 46.5 Å². The summed E-state index contributed by atoms with van der Waals surface area (Å²) in [6.45, 7) is 7.25. The van der Waals surface area contributed by atoms with Gasteiger partial charge in [0.2, 0.25) is 0 Å². The summed E-state index contributed by atoms with van der Waals surface area (Å²) < 4.78 is 18.7. The van der Waals surface area contributed by atoms with Crippen LogP contribution in [0.5, 0.6) is 5.75 Å². The number of halogens is 1. The Bertz CT molecular complexity index is 435. The van der Waals surface area contributed by atoms with E-state index in [9.17, 15) is 14.3 Å². The third kappa shape index (κ3) is 3.29. The second kappa shape index (κ2) is 5.48. The van der Waals surface area contributed by atoms with E-state index in [1.165, 1.54) is 12.1 Å². The Labute approximate surface area is 107 Å². The van der Waals surface area contributed by atoms with E-state index in [1.54, 1.807) is 27.7 Å². The van der Waals surface area contributed by atoms with Gasteiger partial charge in [-0.1, -0.05) is 26.8 Å². The summed E-state index contributed by atoms with van der Waals surface area (Å²) in [5.41, 5.74) is -0.426. The lowest BCUT2D eigenvalue weighted by Crippen LogP contribution is -2.26. The van der Waals surface area contributed by atoms with E-state index in [0.29, 0.717) is 6.61 Å². The molecule has 0 amide bonds. The van der Waals surface area contributed by atoms with Crippen LogP contribution in [-0.2, 0) is 4.79 Å². The van der Waals surface area contributed by atoms with Crippen molar-refractivity contribution < 1.29 is 19.0 Å². The fourth-order valence-corrected chi connectivity index (χ4v) is 1.52. The molecule has 100 valence electrons. The number of Topliss-reactive ketones (excluding diaryl/α,β-unsaturated/α-hetero) is 1. The highest BCUT2D eigenvalue weighted by atomic mass is 19.1. The van der Waals surface area contributed by atoms with Crippen molar-refractivity contribution in [2.45, 2.75) is 33.8 Å². The highest BCUT2D eigenvalue weighted by molar-refractivity contribution is 5.88. The van der Waals surface area contributed by atoms with E-state index in [1.807, 2.05) is 0 Å². The molecule has 1 aromatic carbocycles. The number of carbonyl (C=O) groups excluding carboxylic acids is 1. The summed E-state index contributed by atoms with van der Waals surface area (Å²) in [6, 6.07) is 4.06. The first-order chi connectivity index (χ1) is 8.27. The monoisotopic (exact) mass is 254 g/mol. The Hall–Kier alpha value is -1.42. The second-order valence-corrected chi connectivity index (χ2v) is 5.14. The number of carbonyl (C=O) groups is 1. The fraction of sp³-hybridized carbons (Fsp3) is 0.500. The number of rotatable bonds is 4.